The van der Waals surface area contributed by atoms with Gasteiger partial charge in [0.25, 0.3) is 15.9 Å². The summed E-state index contributed by atoms with van der Waals surface area (Å²) in [5, 5.41) is 19.5. The number of hydrogen-bond donors (Lipinski definition) is 2. The predicted octanol–water partition coefficient (Wildman–Crippen LogP) is 2.87. The summed E-state index contributed by atoms with van der Waals surface area (Å²) in [5.74, 6) is 0.0784. The molecule has 5 aromatic rings. The summed E-state index contributed by atoms with van der Waals surface area (Å²) in [6, 6.07) is 19.4. The topological polar surface area (TPSA) is 122 Å². The van der Waals surface area contributed by atoms with Gasteiger partial charge in [-0.25, -0.2) is 0 Å². The molecule has 2 N–H and O–H groups in total. The van der Waals surface area contributed by atoms with Crippen molar-refractivity contribution < 1.29 is 22.9 Å². The molecule has 0 radical (unpaired) electrons. The van der Waals surface area contributed by atoms with Crippen LogP contribution in [0.3, 0.4) is 0 Å². The molecule has 0 saturated carbocycles. The third-order valence-electron chi connectivity index (χ3n) is 5.05. The molecule has 0 bridgehead atoms. The molecule has 0 fully saturated rings. The van der Waals surface area contributed by atoms with Crippen LogP contribution in [0.25, 0.3) is 32.4 Å². The Balaban J connectivity index is 1.80. The van der Waals surface area contributed by atoms with Crippen LogP contribution in [0.15, 0.2) is 71.6 Å². The second kappa shape index (κ2) is 8.12. The van der Waals surface area contributed by atoms with E-state index in [1.165, 1.54) is 27.0 Å². The summed E-state index contributed by atoms with van der Waals surface area (Å²) >= 11 is 1.39. The molecule has 0 atom stereocenters. The molecule has 0 unspecified atom stereocenters. The summed E-state index contributed by atoms with van der Waals surface area (Å²) in [5.41, 5.74) is 2.75. The van der Waals surface area contributed by atoms with Crippen LogP contribution in [0, 0.1) is 6.92 Å². The SMILES string of the molecule is Cc1ccc(-c2nn(-c3ccccc3CO)[n+](-c3nc4ccccc4s3)n2)c(S(=O)(=O)O)c1. The van der Waals surface area contributed by atoms with Gasteiger partial charge in [0.1, 0.15) is 10.6 Å². The zero-order valence-corrected chi connectivity index (χ0v) is 19.0. The van der Waals surface area contributed by atoms with Gasteiger partial charge in [-0.3, -0.25) is 4.55 Å². The summed E-state index contributed by atoms with van der Waals surface area (Å²) in [6.07, 6.45) is 0. The second-order valence-corrected chi connectivity index (χ2v) is 9.73. The van der Waals surface area contributed by atoms with Crippen LogP contribution in [0.4, 0.5) is 0 Å². The van der Waals surface area contributed by atoms with E-state index in [9.17, 15) is 18.1 Å². The van der Waals surface area contributed by atoms with E-state index in [1.807, 2.05) is 24.3 Å². The lowest BCUT2D eigenvalue weighted by molar-refractivity contribution is -0.734. The van der Waals surface area contributed by atoms with Crippen LogP contribution in [0.5, 0.6) is 0 Å². The Bertz CT molecular complexity index is 1580. The van der Waals surface area contributed by atoms with Crippen molar-refractivity contribution in [2.75, 3.05) is 0 Å². The minimum atomic E-state index is -4.52. The number of aromatic nitrogens is 5. The van der Waals surface area contributed by atoms with Crippen LogP contribution in [-0.4, -0.2) is 38.1 Å². The van der Waals surface area contributed by atoms with Crippen molar-refractivity contribution in [1.29, 1.82) is 0 Å². The summed E-state index contributed by atoms with van der Waals surface area (Å²) in [6.45, 7) is 1.50. The normalized spacial score (nSPS) is 11.8. The fourth-order valence-electron chi connectivity index (χ4n) is 3.48. The first-order valence-electron chi connectivity index (χ1n) is 9.88. The van der Waals surface area contributed by atoms with E-state index in [-0.39, 0.29) is 22.9 Å². The smallest absolute Gasteiger partial charge is 0.365 e. The van der Waals surface area contributed by atoms with Gasteiger partial charge in [0.2, 0.25) is 0 Å². The second-order valence-electron chi connectivity index (χ2n) is 7.33. The number of para-hydroxylation sites is 2. The van der Waals surface area contributed by atoms with E-state index < -0.39 is 10.1 Å². The highest BCUT2D eigenvalue weighted by Crippen LogP contribution is 2.27. The average Bonchev–Trinajstić information content (AvgIpc) is 3.43. The highest BCUT2D eigenvalue weighted by Gasteiger charge is 2.29. The van der Waals surface area contributed by atoms with Crippen molar-refractivity contribution in [3.8, 4) is 22.2 Å². The molecule has 3 aromatic carbocycles. The van der Waals surface area contributed by atoms with Crippen LogP contribution in [0.2, 0.25) is 0 Å². The maximum absolute atomic E-state index is 12.1. The molecule has 0 spiro atoms. The summed E-state index contributed by atoms with van der Waals surface area (Å²) in [4.78, 5) is 7.28. The van der Waals surface area contributed by atoms with Crippen molar-refractivity contribution in [3.05, 3.63) is 77.9 Å². The van der Waals surface area contributed by atoms with Gasteiger partial charge in [-0.05, 0) is 57.5 Å². The first-order valence-corrected chi connectivity index (χ1v) is 12.1. The summed E-state index contributed by atoms with van der Waals surface area (Å²) in [7, 11) is -4.52. The lowest BCUT2D eigenvalue weighted by atomic mass is 10.1. The monoisotopic (exact) mass is 480 g/mol. The Morgan fingerprint density at radius 2 is 1.82 bits per heavy atom. The Morgan fingerprint density at radius 3 is 2.58 bits per heavy atom. The van der Waals surface area contributed by atoms with Crippen molar-refractivity contribution >= 4 is 31.7 Å². The average molecular weight is 481 g/mol. The first kappa shape index (κ1) is 21.3. The highest BCUT2D eigenvalue weighted by molar-refractivity contribution is 7.86. The predicted molar refractivity (Wildman–Crippen MR) is 122 cm³/mol. The molecule has 0 aliphatic heterocycles. The van der Waals surface area contributed by atoms with E-state index in [2.05, 4.69) is 15.2 Å². The number of rotatable bonds is 5. The lowest BCUT2D eigenvalue weighted by Gasteiger charge is -2.04. The number of aliphatic hydroxyl groups is 1. The Labute approximate surface area is 192 Å². The molecule has 0 aliphatic carbocycles. The zero-order valence-electron chi connectivity index (χ0n) is 17.3. The number of aryl methyl sites for hydroxylation is 1. The number of tetrazole rings is 1. The third kappa shape index (κ3) is 3.91. The number of nitrogens with zero attached hydrogens (tertiary/aromatic N) is 5. The standard InChI is InChI=1S/C22H17N5O4S2/c1-14-10-11-16(20(12-14)33(29,30)31)21-24-26(18-8-4-2-6-15(18)13-28)27(25-21)22-23-17-7-3-5-9-19(17)32-22/h2-12,28H,13H2,1H3/p+1. The van der Waals surface area contributed by atoms with Gasteiger partial charge in [0.15, 0.2) is 5.52 Å². The van der Waals surface area contributed by atoms with Gasteiger partial charge >= 0.3 is 5.13 Å². The van der Waals surface area contributed by atoms with Gasteiger partial charge < -0.3 is 5.11 Å². The molecule has 2 heterocycles. The van der Waals surface area contributed by atoms with Crippen LogP contribution >= 0.6 is 11.3 Å². The van der Waals surface area contributed by atoms with E-state index in [0.717, 1.165) is 10.2 Å². The van der Waals surface area contributed by atoms with Gasteiger partial charge in [-0.15, -0.1) is 0 Å². The Kier molecular flexibility index (Phi) is 5.25. The molecule has 0 aliphatic rings. The van der Waals surface area contributed by atoms with Crippen molar-refractivity contribution in [1.82, 2.24) is 20.0 Å². The Morgan fingerprint density at radius 1 is 1.06 bits per heavy atom. The lowest BCUT2D eigenvalue weighted by Crippen LogP contribution is -2.43. The summed E-state index contributed by atoms with van der Waals surface area (Å²) < 4.78 is 34.9. The van der Waals surface area contributed by atoms with E-state index >= 15 is 0 Å². The molecule has 33 heavy (non-hydrogen) atoms. The molecule has 0 amide bonds. The fraction of sp³-hybridized carbons (Fsp3) is 0.0909. The largest absolute Gasteiger partial charge is 0.392 e. The Hall–Kier alpha value is -3.51. The molecule has 0 saturated heterocycles. The maximum Gasteiger partial charge on any atom is 0.365 e. The van der Waals surface area contributed by atoms with Crippen molar-refractivity contribution in [2.45, 2.75) is 18.4 Å². The van der Waals surface area contributed by atoms with Gasteiger partial charge in [0.05, 0.1) is 16.9 Å². The van der Waals surface area contributed by atoms with E-state index in [1.54, 1.807) is 43.3 Å². The van der Waals surface area contributed by atoms with Gasteiger partial charge in [0, 0.05) is 10.7 Å². The molecule has 11 heteroatoms. The zero-order chi connectivity index (χ0) is 23.2. The molecule has 5 rings (SSSR count). The van der Waals surface area contributed by atoms with Gasteiger partial charge in [-0.1, -0.05) is 52.7 Å². The van der Waals surface area contributed by atoms with Crippen LogP contribution in [0.1, 0.15) is 11.1 Å². The van der Waals surface area contributed by atoms with Crippen LogP contribution in [-0.2, 0) is 16.7 Å². The number of thiazole rings is 1. The molecular formula is C22H18N5O4S2+. The molecule has 2 aromatic heterocycles. The minimum Gasteiger partial charge on any atom is -0.392 e. The molecule has 166 valence electrons. The number of benzene rings is 3. The minimum absolute atomic E-state index is 0.0784. The third-order valence-corrected chi connectivity index (χ3v) is 6.94. The quantitative estimate of drug-likeness (QED) is 0.293. The molecular weight excluding hydrogens is 462 g/mol. The van der Waals surface area contributed by atoms with Gasteiger partial charge in [-0.2, -0.15) is 8.42 Å². The fourth-order valence-corrected chi connectivity index (χ4v) is 5.16. The van der Waals surface area contributed by atoms with Crippen molar-refractivity contribution in [3.63, 3.8) is 0 Å². The van der Waals surface area contributed by atoms with E-state index in [4.69, 9.17) is 0 Å². The number of aliphatic hydroxyl groups excluding tert-OH is 1. The number of hydrogen-bond acceptors (Lipinski definition) is 7. The van der Waals surface area contributed by atoms with E-state index in [0.29, 0.717) is 21.9 Å². The number of fused-ring (bicyclic) bond motifs is 1. The van der Waals surface area contributed by atoms with Crippen LogP contribution < -0.4 is 4.80 Å². The maximum atomic E-state index is 12.1. The highest BCUT2D eigenvalue weighted by atomic mass is 32.2. The molecule has 9 nitrogen and oxygen atoms in total. The first-order chi connectivity index (χ1) is 15.8. The van der Waals surface area contributed by atoms with Crippen molar-refractivity contribution in [2.24, 2.45) is 0 Å².